The second-order valence-electron chi connectivity index (χ2n) is 4.79. The minimum atomic E-state index is 0.514. The monoisotopic (exact) mass is 292 g/mol. The van der Waals surface area contributed by atoms with E-state index in [0.717, 1.165) is 11.4 Å². The number of aryl methyl sites for hydroxylation is 1. The summed E-state index contributed by atoms with van der Waals surface area (Å²) in [5, 5.41) is 8.46. The third-order valence-electron chi connectivity index (χ3n) is 3.42. The molecule has 0 unspecified atom stereocenters. The maximum Gasteiger partial charge on any atom is 0.215 e. The van der Waals surface area contributed by atoms with Crippen molar-refractivity contribution in [2.45, 2.75) is 6.92 Å². The van der Waals surface area contributed by atoms with Crippen LogP contribution in [0.2, 0.25) is 0 Å². The van der Waals surface area contributed by atoms with E-state index in [0.29, 0.717) is 28.5 Å². The number of hydrogen-bond acceptors (Lipinski definition) is 6. The molecule has 0 aliphatic carbocycles. The third kappa shape index (κ3) is 1.79. The van der Waals surface area contributed by atoms with Gasteiger partial charge < -0.3 is 4.74 Å². The Morgan fingerprint density at radius 3 is 2.68 bits per heavy atom. The summed E-state index contributed by atoms with van der Waals surface area (Å²) < 4.78 is 7.08. The SMILES string of the molecule is COc1ccc2nnc3c(C)nc(-c4ccccn4)n3c2n1. The molecule has 4 rings (SSSR count). The maximum atomic E-state index is 5.21. The molecule has 0 aliphatic rings. The van der Waals surface area contributed by atoms with Gasteiger partial charge in [0.25, 0.3) is 0 Å². The minimum Gasteiger partial charge on any atom is -0.481 e. The van der Waals surface area contributed by atoms with Crippen molar-refractivity contribution in [2.75, 3.05) is 7.11 Å². The van der Waals surface area contributed by atoms with E-state index in [2.05, 4.69) is 25.1 Å². The summed E-state index contributed by atoms with van der Waals surface area (Å²) in [6, 6.07) is 9.27. The van der Waals surface area contributed by atoms with Gasteiger partial charge >= 0.3 is 0 Å². The first-order valence-corrected chi connectivity index (χ1v) is 6.76. The Labute approximate surface area is 125 Å². The molecule has 108 valence electrons. The highest BCUT2D eigenvalue weighted by atomic mass is 16.5. The Bertz CT molecular complexity index is 980. The summed E-state index contributed by atoms with van der Waals surface area (Å²) >= 11 is 0. The number of imidazole rings is 1. The molecule has 0 bridgehead atoms. The van der Waals surface area contributed by atoms with Gasteiger partial charge in [0.1, 0.15) is 11.2 Å². The molecule has 0 amide bonds. The molecule has 0 aliphatic heterocycles. The molecule has 0 fully saturated rings. The van der Waals surface area contributed by atoms with Crippen LogP contribution in [-0.4, -0.2) is 36.7 Å². The number of nitrogens with zero attached hydrogens (tertiary/aromatic N) is 6. The van der Waals surface area contributed by atoms with Crippen molar-refractivity contribution in [2.24, 2.45) is 0 Å². The molecule has 22 heavy (non-hydrogen) atoms. The van der Waals surface area contributed by atoms with E-state index in [1.165, 1.54) is 0 Å². The predicted molar refractivity (Wildman–Crippen MR) is 80.6 cm³/mol. The lowest BCUT2D eigenvalue weighted by atomic mass is 10.3. The Balaban J connectivity index is 2.15. The standard InChI is InChI=1S/C15H12N6O/c1-9-13-20-19-11-6-7-12(22-2)18-15(11)21(13)14(17-9)10-5-3-4-8-16-10/h3-8H,1-2H3. The van der Waals surface area contributed by atoms with E-state index in [1.54, 1.807) is 19.4 Å². The molecule has 0 radical (unpaired) electrons. The zero-order chi connectivity index (χ0) is 15.1. The molecule has 0 N–H and O–H groups in total. The van der Waals surface area contributed by atoms with E-state index < -0.39 is 0 Å². The summed E-state index contributed by atoms with van der Waals surface area (Å²) in [5.41, 5.74) is 3.51. The first kappa shape index (κ1) is 12.6. The fourth-order valence-corrected chi connectivity index (χ4v) is 2.39. The van der Waals surface area contributed by atoms with Crippen molar-refractivity contribution in [1.29, 1.82) is 0 Å². The topological polar surface area (TPSA) is 78.1 Å². The number of fused-ring (bicyclic) bond motifs is 3. The average molecular weight is 292 g/mol. The smallest absolute Gasteiger partial charge is 0.215 e. The molecule has 0 aromatic carbocycles. The van der Waals surface area contributed by atoms with Crippen molar-refractivity contribution in [3.8, 4) is 17.4 Å². The van der Waals surface area contributed by atoms with Gasteiger partial charge in [-0.3, -0.25) is 9.38 Å². The predicted octanol–water partition coefficient (Wildman–Crippen LogP) is 2.05. The van der Waals surface area contributed by atoms with Crippen LogP contribution >= 0.6 is 0 Å². The summed E-state index contributed by atoms with van der Waals surface area (Å²) in [6.45, 7) is 1.89. The Kier molecular flexibility index (Phi) is 2.72. The molecule has 0 saturated carbocycles. The number of ether oxygens (including phenoxy) is 1. The van der Waals surface area contributed by atoms with Gasteiger partial charge in [0.05, 0.1) is 12.8 Å². The highest BCUT2D eigenvalue weighted by Crippen LogP contribution is 2.23. The fraction of sp³-hybridized carbons (Fsp3) is 0.133. The Hall–Kier alpha value is -3.09. The van der Waals surface area contributed by atoms with Crippen LogP contribution in [0.15, 0.2) is 36.5 Å². The van der Waals surface area contributed by atoms with E-state index in [1.807, 2.05) is 35.6 Å². The van der Waals surface area contributed by atoms with Crippen LogP contribution in [0, 0.1) is 6.92 Å². The average Bonchev–Trinajstić information content (AvgIpc) is 2.92. The number of pyridine rings is 2. The van der Waals surface area contributed by atoms with Crippen molar-refractivity contribution in [3.63, 3.8) is 0 Å². The van der Waals surface area contributed by atoms with Gasteiger partial charge in [0, 0.05) is 12.3 Å². The van der Waals surface area contributed by atoms with Crippen LogP contribution in [0.1, 0.15) is 5.69 Å². The van der Waals surface area contributed by atoms with E-state index in [-0.39, 0.29) is 0 Å². The second-order valence-corrected chi connectivity index (χ2v) is 4.79. The fourth-order valence-electron chi connectivity index (χ4n) is 2.39. The molecule has 0 spiro atoms. The van der Waals surface area contributed by atoms with Gasteiger partial charge in [0.15, 0.2) is 17.1 Å². The summed E-state index contributed by atoms with van der Waals surface area (Å²) in [7, 11) is 1.58. The third-order valence-corrected chi connectivity index (χ3v) is 3.42. The van der Waals surface area contributed by atoms with Crippen molar-refractivity contribution in [3.05, 3.63) is 42.2 Å². The molecule has 0 saturated heterocycles. The normalized spacial score (nSPS) is 11.2. The van der Waals surface area contributed by atoms with Crippen LogP contribution < -0.4 is 4.74 Å². The van der Waals surface area contributed by atoms with Crippen LogP contribution in [0.4, 0.5) is 0 Å². The van der Waals surface area contributed by atoms with Crippen LogP contribution in [-0.2, 0) is 0 Å². The quantitative estimate of drug-likeness (QED) is 0.562. The molecule has 0 atom stereocenters. The number of methoxy groups -OCH3 is 1. The van der Waals surface area contributed by atoms with Gasteiger partial charge in [-0.2, -0.15) is 4.98 Å². The molecule has 4 heterocycles. The van der Waals surface area contributed by atoms with Gasteiger partial charge in [-0.1, -0.05) is 6.07 Å². The summed E-state index contributed by atoms with van der Waals surface area (Å²) in [4.78, 5) is 13.4. The number of rotatable bonds is 2. The maximum absolute atomic E-state index is 5.21. The van der Waals surface area contributed by atoms with Gasteiger partial charge in [0.2, 0.25) is 5.88 Å². The highest BCUT2D eigenvalue weighted by Gasteiger charge is 2.16. The first-order valence-electron chi connectivity index (χ1n) is 6.76. The van der Waals surface area contributed by atoms with Crippen molar-refractivity contribution < 1.29 is 4.74 Å². The highest BCUT2D eigenvalue weighted by molar-refractivity contribution is 5.77. The molecule has 4 aromatic heterocycles. The first-order chi connectivity index (χ1) is 10.8. The minimum absolute atomic E-state index is 0.514. The zero-order valence-corrected chi connectivity index (χ0v) is 12.1. The van der Waals surface area contributed by atoms with Crippen molar-refractivity contribution >= 4 is 16.8 Å². The molecule has 4 aromatic rings. The van der Waals surface area contributed by atoms with Crippen LogP contribution in [0.5, 0.6) is 5.88 Å². The Morgan fingerprint density at radius 1 is 1.00 bits per heavy atom. The Morgan fingerprint density at radius 2 is 1.91 bits per heavy atom. The van der Waals surface area contributed by atoms with Crippen molar-refractivity contribution in [1.82, 2.24) is 29.5 Å². The van der Waals surface area contributed by atoms with E-state index in [9.17, 15) is 0 Å². The van der Waals surface area contributed by atoms with Gasteiger partial charge in [-0.25, -0.2) is 4.98 Å². The molecule has 7 heteroatoms. The van der Waals surface area contributed by atoms with E-state index in [4.69, 9.17) is 4.74 Å². The largest absolute Gasteiger partial charge is 0.481 e. The van der Waals surface area contributed by atoms with Crippen LogP contribution in [0.3, 0.4) is 0 Å². The molecular weight excluding hydrogens is 280 g/mol. The second kappa shape index (κ2) is 4.73. The van der Waals surface area contributed by atoms with Gasteiger partial charge in [-0.05, 0) is 25.1 Å². The summed E-state index contributed by atoms with van der Waals surface area (Å²) in [5.74, 6) is 1.20. The lowest BCUT2D eigenvalue weighted by molar-refractivity contribution is 0.399. The molecule has 7 nitrogen and oxygen atoms in total. The summed E-state index contributed by atoms with van der Waals surface area (Å²) in [6.07, 6.45) is 1.73. The molecular formula is C15H12N6O. The lowest BCUT2D eigenvalue weighted by Gasteiger charge is -2.05. The number of hydrogen-bond donors (Lipinski definition) is 0. The van der Waals surface area contributed by atoms with E-state index >= 15 is 0 Å². The lowest BCUT2D eigenvalue weighted by Crippen LogP contribution is -2.01. The zero-order valence-electron chi connectivity index (χ0n) is 12.1. The van der Waals surface area contributed by atoms with Gasteiger partial charge in [-0.15, -0.1) is 10.2 Å². The van der Waals surface area contributed by atoms with Crippen LogP contribution in [0.25, 0.3) is 28.3 Å². The number of aromatic nitrogens is 6.